The lowest BCUT2D eigenvalue weighted by molar-refractivity contribution is -0.713. The molecule has 5 heteroatoms. The summed E-state index contributed by atoms with van der Waals surface area (Å²) in [5.74, 6) is -2.34. The first-order chi connectivity index (χ1) is 10.7. The summed E-state index contributed by atoms with van der Waals surface area (Å²) in [6, 6.07) is 16.1. The van der Waals surface area contributed by atoms with Crippen LogP contribution < -0.4 is 9.88 Å². The van der Waals surface area contributed by atoms with Gasteiger partial charge in [-0.2, -0.15) is 9.83 Å². The average molecular weight is 292 g/mol. The molecule has 108 valence electrons. The van der Waals surface area contributed by atoms with E-state index in [9.17, 15) is 14.9 Å². The van der Waals surface area contributed by atoms with Gasteiger partial charge in [0.2, 0.25) is 11.9 Å². The minimum Gasteiger partial charge on any atom is -0.289 e. The highest BCUT2D eigenvalue weighted by molar-refractivity contribution is 6.02. The molecule has 0 unspecified atom stereocenters. The zero-order valence-corrected chi connectivity index (χ0v) is 11.7. The van der Waals surface area contributed by atoms with Gasteiger partial charge in [-0.25, -0.2) is 0 Å². The summed E-state index contributed by atoms with van der Waals surface area (Å²) >= 11 is 0. The van der Waals surface area contributed by atoms with E-state index in [0.29, 0.717) is 0 Å². The molecule has 0 aliphatic carbocycles. The molecule has 1 aliphatic heterocycles. The minimum atomic E-state index is -0.905. The molecular formula is C17H14N3O2+. The molecule has 2 aromatic rings. The summed E-state index contributed by atoms with van der Waals surface area (Å²) in [5.41, 5.74) is 0.804. The number of piperidine rings is 1. The van der Waals surface area contributed by atoms with Gasteiger partial charge >= 0.3 is 0 Å². The van der Waals surface area contributed by atoms with E-state index in [4.69, 9.17) is 0 Å². The molecule has 1 aliphatic rings. The number of amides is 2. The van der Waals surface area contributed by atoms with Crippen molar-refractivity contribution in [3.63, 3.8) is 0 Å². The van der Waals surface area contributed by atoms with Gasteiger partial charge in [-0.3, -0.25) is 14.9 Å². The lowest BCUT2D eigenvalue weighted by Crippen LogP contribution is -2.59. The van der Waals surface area contributed by atoms with Crippen molar-refractivity contribution in [2.24, 2.45) is 5.92 Å². The number of hydrogen-bond acceptors (Lipinski definition) is 3. The summed E-state index contributed by atoms with van der Waals surface area (Å²) in [4.78, 5) is 24.4. The van der Waals surface area contributed by atoms with Gasteiger partial charge < -0.3 is 0 Å². The zero-order valence-electron chi connectivity index (χ0n) is 11.7. The van der Waals surface area contributed by atoms with Crippen LogP contribution in [0, 0.1) is 17.2 Å². The molecule has 0 spiro atoms. The van der Waals surface area contributed by atoms with E-state index in [1.54, 1.807) is 17.0 Å². The third kappa shape index (κ3) is 2.35. The van der Waals surface area contributed by atoms with Crippen LogP contribution in [-0.4, -0.2) is 11.8 Å². The Hall–Kier alpha value is -3.00. The van der Waals surface area contributed by atoms with E-state index >= 15 is 0 Å². The first-order valence-corrected chi connectivity index (χ1v) is 6.97. The van der Waals surface area contributed by atoms with Crippen molar-refractivity contribution in [1.29, 1.82) is 5.26 Å². The molecule has 2 amide bonds. The Balaban J connectivity index is 2.14. The van der Waals surface area contributed by atoms with Crippen LogP contribution in [-0.2, 0) is 9.59 Å². The second-order valence-electron chi connectivity index (χ2n) is 5.16. The van der Waals surface area contributed by atoms with E-state index in [1.165, 1.54) is 0 Å². The number of pyridine rings is 1. The molecule has 1 aromatic heterocycles. The first-order valence-electron chi connectivity index (χ1n) is 6.97. The SMILES string of the molecule is N#C[C@@H]1C(=O)NC(=O)[C@@H]([n+]2ccccc2)[C@@H]1c1ccccc1. The molecule has 0 bridgehead atoms. The second-order valence-corrected chi connectivity index (χ2v) is 5.16. The van der Waals surface area contributed by atoms with Crippen LogP contribution in [0.4, 0.5) is 0 Å². The molecule has 2 heterocycles. The molecular weight excluding hydrogens is 278 g/mol. The van der Waals surface area contributed by atoms with Crippen molar-refractivity contribution in [1.82, 2.24) is 5.32 Å². The summed E-state index contributed by atoms with van der Waals surface area (Å²) in [6.07, 6.45) is 3.54. The average Bonchev–Trinajstić information content (AvgIpc) is 2.56. The van der Waals surface area contributed by atoms with Crippen molar-refractivity contribution in [2.45, 2.75) is 12.0 Å². The quantitative estimate of drug-likeness (QED) is 0.665. The van der Waals surface area contributed by atoms with Gasteiger partial charge in [0.15, 0.2) is 12.4 Å². The summed E-state index contributed by atoms with van der Waals surface area (Å²) < 4.78 is 1.74. The largest absolute Gasteiger partial charge is 0.296 e. The van der Waals surface area contributed by atoms with Crippen molar-refractivity contribution in [2.75, 3.05) is 0 Å². The molecule has 1 aromatic carbocycles. The van der Waals surface area contributed by atoms with Crippen LogP contribution in [0.25, 0.3) is 0 Å². The molecule has 1 fully saturated rings. The summed E-state index contributed by atoms with van der Waals surface area (Å²) in [7, 11) is 0. The molecule has 0 radical (unpaired) electrons. The van der Waals surface area contributed by atoms with E-state index in [2.05, 4.69) is 5.32 Å². The Labute approximate surface area is 127 Å². The highest BCUT2D eigenvalue weighted by atomic mass is 16.2. The lowest BCUT2D eigenvalue weighted by atomic mass is 9.77. The predicted octanol–water partition coefficient (Wildman–Crippen LogP) is 1.10. The Kier molecular flexibility index (Phi) is 3.67. The van der Waals surface area contributed by atoms with Gasteiger partial charge in [0.25, 0.3) is 5.91 Å². The molecule has 5 nitrogen and oxygen atoms in total. The fraction of sp³-hybridized carbons (Fsp3) is 0.176. The van der Waals surface area contributed by atoms with Crippen molar-refractivity contribution < 1.29 is 14.2 Å². The summed E-state index contributed by atoms with van der Waals surface area (Å²) in [5, 5.41) is 11.7. The number of nitrogens with one attached hydrogen (secondary N) is 1. The number of hydrogen-bond donors (Lipinski definition) is 1. The van der Waals surface area contributed by atoms with Gasteiger partial charge in [-0.1, -0.05) is 36.4 Å². The second kappa shape index (κ2) is 5.78. The third-order valence-corrected chi connectivity index (χ3v) is 3.88. The summed E-state index contributed by atoms with van der Waals surface area (Å²) in [6.45, 7) is 0. The zero-order chi connectivity index (χ0) is 15.5. The maximum atomic E-state index is 12.4. The van der Waals surface area contributed by atoms with Crippen LogP contribution in [0.15, 0.2) is 60.9 Å². The van der Waals surface area contributed by atoms with Crippen molar-refractivity contribution >= 4 is 11.8 Å². The monoisotopic (exact) mass is 292 g/mol. The van der Waals surface area contributed by atoms with Crippen LogP contribution in [0.2, 0.25) is 0 Å². The van der Waals surface area contributed by atoms with Crippen molar-refractivity contribution in [3.05, 3.63) is 66.5 Å². The molecule has 22 heavy (non-hydrogen) atoms. The van der Waals surface area contributed by atoms with Gasteiger partial charge in [-0.15, -0.1) is 0 Å². The third-order valence-electron chi connectivity index (χ3n) is 3.88. The number of carbonyl (C=O) groups excluding carboxylic acids is 2. The Bertz CT molecular complexity index is 738. The normalized spacial score (nSPS) is 24.4. The number of rotatable bonds is 2. The molecule has 0 saturated carbocycles. The Morgan fingerprint density at radius 1 is 0.955 bits per heavy atom. The van der Waals surface area contributed by atoms with Crippen LogP contribution in [0.5, 0.6) is 0 Å². The first kappa shape index (κ1) is 14.0. The van der Waals surface area contributed by atoms with Crippen molar-refractivity contribution in [3.8, 4) is 6.07 Å². The number of benzene rings is 1. The highest BCUT2D eigenvalue weighted by Crippen LogP contribution is 2.35. The highest BCUT2D eigenvalue weighted by Gasteiger charge is 2.50. The van der Waals surface area contributed by atoms with E-state index < -0.39 is 23.8 Å². The minimum absolute atomic E-state index is 0.387. The number of imide groups is 1. The number of nitriles is 1. The van der Waals surface area contributed by atoms with Crippen LogP contribution in [0.3, 0.4) is 0 Å². The van der Waals surface area contributed by atoms with Crippen LogP contribution >= 0.6 is 0 Å². The maximum absolute atomic E-state index is 12.4. The lowest BCUT2D eigenvalue weighted by Gasteiger charge is -2.29. The van der Waals surface area contributed by atoms with Gasteiger partial charge in [0.1, 0.15) is 5.92 Å². The van der Waals surface area contributed by atoms with Gasteiger partial charge in [-0.05, 0) is 5.56 Å². The van der Waals surface area contributed by atoms with E-state index in [0.717, 1.165) is 5.56 Å². The molecule has 1 N–H and O–H groups in total. The Morgan fingerprint density at radius 3 is 2.23 bits per heavy atom. The fourth-order valence-corrected chi connectivity index (χ4v) is 2.89. The predicted molar refractivity (Wildman–Crippen MR) is 77.1 cm³/mol. The topological polar surface area (TPSA) is 73.8 Å². The smallest absolute Gasteiger partial charge is 0.289 e. The molecule has 3 rings (SSSR count). The number of carbonyl (C=O) groups is 2. The van der Waals surface area contributed by atoms with E-state index in [1.807, 2.05) is 54.6 Å². The van der Waals surface area contributed by atoms with E-state index in [-0.39, 0.29) is 5.91 Å². The molecule has 1 saturated heterocycles. The Morgan fingerprint density at radius 2 is 1.59 bits per heavy atom. The maximum Gasteiger partial charge on any atom is 0.296 e. The van der Waals surface area contributed by atoms with Crippen LogP contribution in [0.1, 0.15) is 17.5 Å². The van der Waals surface area contributed by atoms with Gasteiger partial charge in [0, 0.05) is 12.1 Å². The standard InChI is InChI=1S/C17H13N3O2/c18-11-13-14(12-7-3-1-4-8-12)15(17(22)19-16(13)21)20-9-5-2-6-10-20/h1-10,13-15H/p+1/t13-,14+,15-/m0/s1. The molecule has 3 atom stereocenters. The van der Waals surface area contributed by atoms with Gasteiger partial charge in [0.05, 0.1) is 12.0 Å². The number of aromatic nitrogens is 1. The fourth-order valence-electron chi connectivity index (χ4n) is 2.89. The number of nitrogens with zero attached hydrogens (tertiary/aromatic N) is 2.